The first kappa shape index (κ1) is 12.1. The number of furan rings is 1. The van der Waals surface area contributed by atoms with Crippen molar-refractivity contribution in [1.82, 2.24) is 0 Å². The van der Waals surface area contributed by atoms with E-state index < -0.39 is 0 Å². The fourth-order valence-electron chi connectivity index (χ4n) is 1.94. The van der Waals surface area contributed by atoms with Crippen molar-refractivity contribution in [3.63, 3.8) is 0 Å². The summed E-state index contributed by atoms with van der Waals surface area (Å²) in [6.45, 7) is 2.44. The third-order valence-electron chi connectivity index (χ3n) is 2.96. The van der Waals surface area contributed by atoms with E-state index in [1.807, 2.05) is 55.5 Å². The highest BCUT2D eigenvalue weighted by Gasteiger charge is 2.07. The van der Waals surface area contributed by atoms with Gasteiger partial charge in [-0.15, -0.1) is 0 Å². The van der Waals surface area contributed by atoms with E-state index >= 15 is 0 Å². The highest BCUT2D eigenvalue weighted by atomic mass is 35.5. The van der Waals surface area contributed by atoms with Crippen LogP contribution in [0.3, 0.4) is 0 Å². The van der Waals surface area contributed by atoms with E-state index in [-0.39, 0.29) is 0 Å². The minimum Gasteiger partial charge on any atom is -0.486 e. The van der Waals surface area contributed by atoms with Gasteiger partial charge in [0.05, 0.1) is 5.02 Å². The van der Waals surface area contributed by atoms with Gasteiger partial charge in [-0.1, -0.05) is 35.4 Å². The molecule has 3 rings (SSSR count). The number of hydrogen-bond donors (Lipinski definition) is 0. The zero-order valence-corrected chi connectivity index (χ0v) is 11.3. The molecule has 0 atom stereocenters. The Morgan fingerprint density at radius 2 is 1.89 bits per heavy atom. The van der Waals surface area contributed by atoms with Crippen LogP contribution in [0.15, 0.2) is 52.9 Å². The van der Waals surface area contributed by atoms with Crippen LogP contribution in [-0.4, -0.2) is 0 Å². The molecule has 0 aliphatic rings. The van der Waals surface area contributed by atoms with Crippen LogP contribution in [0.25, 0.3) is 11.0 Å². The molecule has 96 valence electrons. The Morgan fingerprint density at radius 3 is 2.63 bits per heavy atom. The summed E-state index contributed by atoms with van der Waals surface area (Å²) in [7, 11) is 0. The summed E-state index contributed by atoms with van der Waals surface area (Å²) >= 11 is 6.10. The lowest BCUT2D eigenvalue weighted by Crippen LogP contribution is -1.93. The Balaban J connectivity index is 1.78. The first-order chi connectivity index (χ1) is 9.22. The minimum atomic E-state index is 0.397. The molecule has 2 aromatic carbocycles. The molecule has 0 saturated carbocycles. The zero-order valence-electron chi connectivity index (χ0n) is 10.5. The van der Waals surface area contributed by atoms with Crippen LogP contribution in [0.1, 0.15) is 11.3 Å². The highest BCUT2D eigenvalue weighted by molar-refractivity contribution is 6.35. The summed E-state index contributed by atoms with van der Waals surface area (Å²) < 4.78 is 11.4. The molecule has 1 heterocycles. The topological polar surface area (TPSA) is 22.4 Å². The van der Waals surface area contributed by atoms with Gasteiger partial charge in [-0.2, -0.15) is 0 Å². The Morgan fingerprint density at radius 1 is 1.11 bits per heavy atom. The van der Waals surface area contributed by atoms with Gasteiger partial charge in [0.25, 0.3) is 0 Å². The number of aryl methyl sites for hydroxylation is 1. The zero-order chi connectivity index (χ0) is 13.2. The Labute approximate surface area is 116 Å². The maximum atomic E-state index is 6.10. The SMILES string of the molecule is Cc1ccc(OCc2cc3c(Cl)cccc3o2)cc1. The van der Waals surface area contributed by atoms with Crippen LogP contribution in [0, 0.1) is 6.92 Å². The second kappa shape index (κ2) is 4.98. The molecule has 0 aliphatic carbocycles. The number of ether oxygens (including phenoxy) is 1. The average molecular weight is 273 g/mol. The van der Waals surface area contributed by atoms with Crippen LogP contribution in [0.4, 0.5) is 0 Å². The van der Waals surface area contributed by atoms with Crippen molar-refractivity contribution in [3.05, 3.63) is 64.9 Å². The predicted molar refractivity (Wildman–Crippen MR) is 76.7 cm³/mol. The normalized spacial score (nSPS) is 10.8. The van der Waals surface area contributed by atoms with Crippen molar-refractivity contribution in [1.29, 1.82) is 0 Å². The van der Waals surface area contributed by atoms with Gasteiger partial charge in [0.1, 0.15) is 23.7 Å². The third kappa shape index (κ3) is 2.59. The van der Waals surface area contributed by atoms with Crippen molar-refractivity contribution < 1.29 is 9.15 Å². The van der Waals surface area contributed by atoms with Crippen molar-refractivity contribution in [2.75, 3.05) is 0 Å². The van der Waals surface area contributed by atoms with Crippen LogP contribution in [0.2, 0.25) is 5.02 Å². The Bertz CT molecular complexity index is 698. The molecule has 0 unspecified atom stereocenters. The number of fused-ring (bicyclic) bond motifs is 1. The molecule has 0 amide bonds. The van der Waals surface area contributed by atoms with Crippen molar-refractivity contribution in [2.45, 2.75) is 13.5 Å². The lowest BCUT2D eigenvalue weighted by atomic mass is 10.2. The second-order valence-corrected chi connectivity index (χ2v) is 4.87. The lowest BCUT2D eigenvalue weighted by molar-refractivity contribution is 0.274. The average Bonchev–Trinajstić information content (AvgIpc) is 2.83. The van der Waals surface area contributed by atoms with Gasteiger partial charge in [-0.25, -0.2) is 0 Å². The second-order valence-electron chi connectivity index (χ2n) is 4.47. The first-order valence-corrected chi connectivity index (χ1v) is 6.46. The minimum absolute atomic E-state index is 0.397. The molecular weight excluding hydrogens is 260 g/mol. The third-order valence-corrected chi connectivity index (χ3v) is 3.29. The Kier molecular flexibility index (Phi) is 3.18. The molecule has 0 N–H and O–H groups in total. The quantitative estimate of drug-likeness (QED) is 0.671. The summed E-state index contributed by atoms with van der Waals surface area (Å²) in [5, 5.41) is 1.62. The maximum absolute atomic E-state index is 6.10. The van der Waals surface area contributed by atoms with Crippen LogP contribution in [-0.2, 0) is 6.61 Å². The van der Waals surface area contributed by atoms with Crippen LogP contribution >= 0.6 is 11.6 Å². The molecule has 0 saturated heterocycles. The molecule has 0 aliphatic heterocycles. The molecule has 3 aromatic rings. The standard InChI is InChI=1S/C16H13ClO2/c1-11-5-7-12(8-6-11)18-10-13-9-14-15(17)3-2-4-16(14)19-13/h2-9H,10H2,1H3. The maximum Gasteiger partial charge on any atom is 0.146 e. The van der Waals surface area contributed by atoms with Crippen molar-refractivity contribution in [2.24, 2.45) is 0 Å². The first-order valence-electron chi connectivity index (χ1n) is 6.09. The van der Waals surface area contributed by atoms with Crippen LogP contribution in [0.5, 0.6) is 5.75 Å². The largest absolute Gasteiger partial charge is 0.486 e. The van der Waals surface area contributed by atoms with E-state index in [9.17, 15) is 0 Å². The van der Waals surface area contributed by atoms with E-state index in [1.54, 1.807) is 0 Å². The molecule has 0 spiro atoms. The highest BCUT2D eigenvalue weighted by Crippen LogP contribution is 2.27. The van der Waals surface area contributed by atoms with Gasteiger partial charge >= 0.3 is 0 Å². The number of rotatable bonds is 3. The van der Waals surface area contributed by atoms with E-state index in [0.29, 0.717) is 11.6 Å². The molecule has 0 bridgehead atoms. The van der Waals surface area contributed by atoms with E-state index in [0.717, 1.165) is 22.5 Å². The fourth-order valence-corrected chi connectivity index (χ4v) is 2.16. The molecule has 3 heteroatoms. The fraction of sp³-hybridized carbons (Fsp3) is 0.125. The van der Waals surface area contributed by atoms with Crippen molar-refractivity contribution in [3.8, 4) is 5.75 Å². The van der Waals surface area contributed by atoms with Gasteiger partial charge in [-0.3, -0.25) is 0 Å². The summed E-state index contributed by atoms with van der Waals surface area (Å²) in [6.07, 6.45) is 0. The van der Waals surface area contributed by atoms with Gasteiger partial charge in [0.15, 0.2) is 0 Å². The number of hydrogen-bond acceptors (Lipinski definition) is 2. The van der Waals surface area contributed by atoms with Crippen LogP contribution < -0.4 is 4.74 Å². The van der Waals surface area contributed by atoms with E-state index in [2.05, 4.69) is 0 Å². The van der Waals surface area contributed by atoms with Gasteiger partial charge < -0.3 is 9.15 Å². The Hall–Kier alpha value is -1.93. The molecule has 2 nitrogen and oxygen atoms in total. The van der Waals surface area contributed by atoms with Gasteiger partial charge in [-0.05, 0) is 37.3 Å². The summed E-state index contributed by atoms with van der Waals surface area (Å²) in [5.41, 5.74) is 2.00. The van der Waals surface area contributed by atoms with E-state index in [4.69, 9.17) is 20.8 Å². The molecule has 19 heavy (non-hydrogen) atoms. The predicted octanol–water partition coefficient (Wildman–Crippen LogP) is 4.97. The molecule has 0 fully saturated rings. The smallest absolute Gasteiger partial charge is 0.146 e. The molecule has 0 radical (unpaired) electrons. The van der Waals surface area contributed by atoms with Gasteiger partial charge in [0, 0.05) is 5.39 Å². The number of benzene rings is 2. The lowest BCUT2D eigenvalue weighted by Gasteiger charge is -2.03. The number of halogens is 1. The summed E-state index contributed by atoms with van der Waals surface area (Å²) in [4.78, 5) is 0. The summed E-state index contributed by atoms with van der Waals surface area (Å²) in [5.74, 6) is 1.60. The van der Waals surface area contributed by atoms with Gasteiger partial charge in [0.2, 0.25) is 0 Å². The molecule has 1 aromatic heterocycles. The molecular formula is C16H13ClO2. The monoisotopic (exact) mass is 272 g/mol. The summed E-state index contributed by atoms with van der Waals surface area (Å²) in [6, 6.07) is 15.5. The van der Waals surface area contributed by atoms with E-state index in [1.165, 1.54) is 5.56 Å². The van der Waals surface area contributed by atoms with Crippen molar-refractivity contribution >= 4 is 22.6 Å².